The number of hydrogen-bond donors (Lipinski definition) is 1. The van der Waals surface area contributed by atoms with Crippen molar-refractivity contribution in [1.29, 1.82) is 0 Å². The fraction of sp³-hybridized carbons (Fsp3) is 0.440. The predicted molar refractivity (Wildman–Crippen MR) is 119 cm³/mol. The first-order valence-corrected chi connectivity index (χ1v) is 11.3. The number of piperidine rings is 1. The summed E-state index contributed by atoms with van der Waals surface area (Å²) in [7, 11) is 0. The van der Waals surface area contributed by atoms with Crippen LogP contribution in [0.15, 0.2) is 54.6 Å². The van der Waals surface area contributed by atoms with Crippen LogP contribution >= 0.6 is 0 Å². The van der Waals surface area contributed by atoms with Gasteiger partial charge in [0.2, 0.25) is 11.8 Å². The lowest BCUT2D eigenvalue weighted by Crippen LogP contribution is -2.42. The third-order valence-corrected chi connectivity index (χ3v) is 6.40. The number of nitrogens with zero attached hydrogens (tertiary/aromatic N) is 2. The first-order valence-electron chi connectivity index (χ1n) is 11.3. The summed E-state index contributed by atoms with van der Waals surface area (Å²) in [6, 6.07) is 15.0. The van der Waals surface area contributed by atoms with Gasteiger partial charge in [-0.2, -0.15) is 13.2 Å². The molecule has 2 atom stereocenters. The Labute approximate surface area is 191 Å². The number of benzene rings is 2. The molecule has 2 amide bonds. The van der Waals surface area contributed by atoms with Crippen molar-refractivity contribution in [2.75, 3.05) is 31.1 Å². The fourth-order valence-electron chi connectivity index (χ4n) is 4.68. The van der Waals surface area contributed by atoms with Crippen molar-refractivity contribution in [2.24, 2.45) is 11.8 Å². The highest BCUT2D eigenvalue weighted by Gasteiger charge is 2.37. The van der Waals surface area contributed by atoms with Gasteiger partial charge in [-0.25, -0.2) is 0 Å². The smallest absolute Gasteiger partial charge is 0.355 e. The molecule has 33 heavy (non-hydrogen) atoms. The number of halogens is 3. The van der Waals surface area contributed by atoms with Crippen molar-refractivity contribution in [3.63, 3.8) is 0 Å². The number of alkyl halides is 3. The molecule has 0 saturated carbocycles. The molecule has 2 saturated heterocycles. The van der Waals surface area contributed by atoms with Crippen LogP contribution in [0.1, 0.15) is 30.4 Å². The minimum atomic E-state index is -4.48. The van der Waals surface area contributed by atoms with Crippen molar-refractivity contribution in [1.82, 2.24) is 10.2 Å². The van der Waals surface area contributed by atoms with Gasteiger partial charge in [-0.15, -0.1) is 0 Å². The number of rotatable bonds is 6. The average Bonchev–Trinajstić information content (AvgIpc) is 3.20. The molecule has 0 bridgehead atoms. The monoisotopic (exact) mass is 459 g/mol. The van der Waals surface area contributed by atoms with Crippen LogP contribution in [0, 0.1) is 11.8 Å². The maximum atomic E-state index is 13.0. The molecule has 2 unspecified atom stereocenters. The molecule has 2 aromatic rings. The Bertz CT molecular complexity index is 980. The van der Waals surface area contributed by atoms with Gasteiger partial charge in [0.1, 0.15) is 0 Å². The van der Waals surface area contributed by atoms with E-state index in [9.17, 15) is 22.8 Å². The van der Waals surface area contributed by atoms with Gasteiger partial charge in [0.25, 0.3) is 0 Å². The van der Waals surface area contributed by atoms with E-state index < -0.39 is 17.7 Å². The number of amides is 2. The van der Waals surface area contributed by atoms with E-state index in [0.717, 1.165) is 44.6 Å². The summed E-state index contributed by atoms with van der Waals surface area (Å²) >= 11 is 0. The molecule has 0 radical (unpaired) electrons. The number of carbonyl (C=O) groups is 2. The molecule has 0 spiro atoms. The first kappa shape index (κ1) is 23.3. The van der Waals surface area contributed by atoms with Gasteiger partial charge in [-0.05, 0) is 49.1 Å². The summed E-state index contributed by atoms with van der Waals surface area (Å²) in [6.07, 6.45) is -2.37. The zero-order valence-electron chi connectivity index (χ0n) is 18.4. The Morgan fingerprint density at radius 3 is 2.61 bits per heavy atom. The maximum absolute atomic E-state index is 13.0. The highest BCUT2D eigenvalue weighted by molar-refractivity contribution is 6.00. The maximum Gasteiger partial charge on any atom is 0.416 e. The summed E-state index contributed by atoms with van der Waals surface area (Å²) in [5, 5.41) is 2.98. The predicted octanol–water partition coefficient (Wildman–Crippen LogP) is 4.09. The van der Waals surface area contributed by atoms with Gasteiger partial charge in [0.05, 0.1) is 11.5 Å². The van der Waals surface area contributed by atoms with Gasteiger partial charge in [-0.1, -0.05) is 36.4 Å². The van der Waals surface area contributed by atoms with E-state index in [2.05, 4.69) is 22.3 Å². The number of hydrogen-bond acceptors (Lipinski definition) is 3. The summed E-state index contributed by atoms with van der Waals surface area (Å²) in [5.74, 6) is -0.765. The van der Waals surface area contributed by atoms with Crippen LogP contribution < -0.4 is 10.2 Å². The third kappa shape index (κ3) is 5.93. The second-order valence-electron chi connectivity index (χ2n) is 8.93. The standard InChI is InChI=1S/C25H28F3N3O2/c26-25(27,28)21-9-4-10-22(13-21)31-17-20(12-23(31)32)24(33)29-14-19-8-5-11-30(16-19)15-18-6-2-1-3-7-18/h1-4,6-7,9-10,13,19-20H,5,8,11-12,14-17H2,(H,29,33). The zero-order valence-corrected chi connectivity index (χ0v) is 18.4. The molecule has 4 rings (SSSR count). The second-order valence-corrected chi connectivity index (χ2v) is 8.93. The molecule has 2 aromatic carbocycles. The molecule has 1 N–H and O–H groups in total. The van der Waals surface area contributed by atoms with Gasteiger partial charge >= 0.3 is 6.18 Å². The van der Waals surface area contributed by atoms with E-state index in [1.807, 2.05) is 18.2 Å². The molecule has 2 fully saturated rings. The van der Waals surface area contributed by atoms with Crippen molar-refractivity contribution >= 4 is 17.5 Å². The first-order chi connectivity index (χ1) is 15.8. The summed E-state index contributed by atoms with van der Waals surface area (Å²) in [6.45, 7) is 3.45. The Morgan fingerprint density at radius 1 is 1.06 bits per heavy atom. The van der Waals surface area contributed by atoms with E-state index >= 15 is 0 Å². The SMILES string of the molecule is O=C(NCC1CCCN(Cc2ccccc2)C1)C1CC(=O)N(c2cccc(C(F)(F)F)c2)C1. The number of anilines is 1. The Kier molecular flexibility index (Phi) is 7.02. The normalized spacial score (nSPS) is 21.9. The third-order valence-electron chi connectivity index (χ3n) is 6.40. The highest BCUT2D eigenvalue weighted by Crippen LogP contribution is 2.33. The molecule has 176 valence electrons. The Balaban J connectivity index is 1.29. The van der Waals surface area contributed by atoms with Gasteiger partial charge in [0.15, 0.2) is 0 Å². The summed E-state index contributed by atoms with van der Waals surface area (Å²) in [5.41, 5.74) is 0.633. The van der Waals surface area contributed by atoms with Crippen LogP contribution in [0.5, 0.6) is 0 Å². The van der Waals surface area contributed by atoms with Crippen LogP contribution in [-0.4, -0.2) is 42.9 Å². The van der Waals surface area contributed by atoms with Crippen molar-refractivity contribution in [3.05, 3.63) is 65.7 Å². The van der Waals surface area contributed by atoms with Crippen LogP contribution in [0.4, 0.5) is 18.9 Å². The lowest BCUT2D eigenvalue weighted by atomic mass is 9.97. The fourth-order valence-corrected chi connectivity index (χ4v) is 4.68. The molecule has 8 heteroatoms. The molecule has 2 aliphatic rings. The summed E-state index contributed by atoms with van der Waals surface area (Å²) in [4.78, 5) is 28.8. The second kappa shape index (κ2) is 9.95. The topological polar surface area (TPSA) is 52.7 Å². The van der Waals surface area contributed by atoms with Crippen LogP contribution in [0.25, 0.3) is 0 Å². The number of nitrogens with one attached hydrogen (secondary N) is 1. The van der Waals surface area contributed by atoms with Gasteiger partial charge in [-0.3, -0.25) is 14.5 Å². The van der Waals surface area contributed by atoms with E-state index in [1.54, 1.807) is 0 Å². The highest BCUT2D eigenvalue weighted by atomic mass is 19.4. The summed E-state index contributed by atoms with van der Waals surface area (Å²) < 4.78 is 39.0. The minimum Gasteiger partial charge on any atom is -0.355 e. The van der Waals surface area contributed by atoms with Crippen molar-refractivity contribution in [3.8, 4) is 0 Å². The minimum absolute atomic E-state index is 0.00682. The molecule has 0 aliphatic carbocycles. The van der Waals surface area contributed by atoms with Crippen LogP contribution in [0.3, 0.4) is 0 Å². The van der Waals surface area contributed by atoms with Gasteiger partial charge < -0.3 is 10.2 Å². The average molecular weight is 460 g/mol. The van der Waals surface area contributed by atoms with Gasteiger partial charge in [0, 0.05) is 38.3 Å². The zero-order chi connectivity index (χ0) is 23.4. The quantitative estimate of drug-likeness (QED) is 0.708. The number of carbonyl (C=O) groups excluding carboxylic acids is 2. The molecular weight excluding hydrogens is 431 g/mol. The van der Waals surface area contributed by atoms with Crippen molar-refractivity contribution in [2.45, 2.75) is 32.0 Å². The lowest BCUT2D eigenvalue weighted by molar-refractivity contribution is -0.137. The molecule has 2 heterocycles. The molecule has 5 nitrogen and oxygen atoms in total. The number of likely N-dealkylation sites (tertiary alicyclic amines) is 1. The van der Waals surface area contributed by atoms with E-state index in [0.29, 0.717) is 12.5 Å². The molecule has 2 aliphatic heterocycles. The lowest BCUT2D eigenvalue weighted by Gasteiger charge is -2.33. The van der Waals surface area contributed by atoms with E-state index in [-0.39, 0.29) is 30.5 Å². The largest absolute Gasteiger partial charge is 0.416 e. The van der Waals surface area contributed by atoms with Crippen LogP contribution in [-0.2, 0) is 22.3 Å². The molecule has 0 aromatic heterocycles. The van der Waals surface area contributed by atoms with E-state index in [1.165, 1.54) is 22.6 Å². The Morgan fingerprint density at radius 2 is 1.85 bits per heavy atom. The van der Waals surface area contributed by atoms with Crippen molar-refractivity contribution < 1.29 is 22.8 Å². The van der Waals surface area contributed by atoms with E-state index in [4.69, 9.17) is 0 Å². The van der Waals surface area contributed by atoms with Crippen LogP contribution in [0.2, 0.25) is 0 Å². The Hall–Kier alpha value is -2.87. The molecular formula is C25H28F3N3O2.